The van der Waals surface area contributed by atoms with Crippen molar-refractivity contribution in [3.8, 4) is 0 Å². The van der Waals surface area contributed by atoms with Crippen molar-refractivity contribution in [2.45, 2.75) is 45.6 Å². The van der Waals surface area contributed by atoms with Gasteiger partial charge in [0.15, 0.2) is 5.82 Å². The van der Waals surface area contributed by atoms with Crippen molar-refractivity contribution in [3.05, 3.63) is 11.7 Å². The predicted octanol–water partition coefficient (Wildman–Crippen LogP) is 1.51. The molecule has 0 bridgehead atoms. The molecule has 74 valence electrons. The average molecular weight is 184 g/mol. The van der Waals surface area contributed by atoms with Crippen molar-refractivity contribution >= 4 is 0 Å². The first-order valence-electron chi connectivity index (χ1n) is 4.69. The molecule has 0 radical (unpaired) electrons. The third-order valence-electron chi connectivity index (χ3n) is 2.18. The maximum Gasteiger partial charge on any atom is 0.232 e. The molecule has 0 saturated heterocycles. The summed E-state index contributed by atoms with van der Waals surface area (Å²) < 4.78 is 5.02. The van der Waals surface area contributed by atoms with Gasteiger partial charge in [0.2, 0.25) is 5.89 Å². The highest BCUT2D eigenvalue weighted by molar-refractivity contribution is 4.94. The van der Waals surface area contributed by atoms with Gasteiger partial charge >= 0.3 is 0 Å². The molecule has 0 aliphatic heterocycles. The van der Waals surface area contributed by atoms with Crippen LogP contribution in [0.3, 0.4) is 0 Å². The zero-order valence-electron chi connectivity index (χ0n) is 8.32. The molecule has 2 unspecified atom stereocenters. The van der Waals surface area contributed by atoms with Crippen LogP contribution in [0.2, 0.25) is 0 Å². The minimum absolute atomic E-state index is 0.0715. The van der Waals surface area contributed by atoms with E-state index in [4.69, 9.17) is 4.52 Å². The lowest BCUT2D eigenvalue weighted by Crippen LogP contribution is -2.14. The first kappa shape index (κ1) is 10.2. The van der Waals surface area contributed by atoms with Crippen molar-refractivity contribution < 1.29 is 9.63 Å². The maximum absolute atomic E-state index is 9.53. The second-order valence-electron chi connectivity index (χ2n) is 3.17. The summed E-state index contributed by atoms with van der Waals surface area (Å²) in [5.41, 5.74) is 0. The van der Waals surface area contributed by atoms with Crippen LogP contribution in [0.4, 0.5) is 0 Å². The van der Waals surface area contributed by atoms with Crippen molar-refractivity contribution in [2.75, 3.05) is 0 Å². The van der Waals surface area contributed by atoms with Gasteiger partial charge in [-0.2, -0.15) is 4.98 Å². The molecule has 0 spiro atoms. The quantitative estimate of drug-likeness (QED) is 0.770. The normalized spacial score (nSPS) is 15.7. The van der Waals surface area contributed by atoms with E-state index in [2.05, 4.69) is 10.1 Å². The van der Waals surface area contributed by atoms with Gasteiger partial charge in [0, 0.05) is 6.42 Å². The van der Waals surface area contributed by atoms with Crippen molar-refractivity contribution in [1.82, 2.24) is 10.1 Å². The number of nitrogens with zero attached hydrogens (tertiary/aromatic N) is 2. The molecule has 0 saturated carbocycles. The number of rotatable bonds is 4. The molecule has 1 rings (SSSR count). The van der Waals surface area contributed by atoms with Crippen molar-refractivity contribution in [2.24, 2.45) is 0 Å². The summed E-state index contributed by atoms with van der Waals surface area (Å²) in [7, 11) is 0. The average Bonchev–Trinajstić information content (AvgIpc) is 2.63. The van der Waals surface area contributed by atoms with E-state index in [1.54, 1.807) is 0 Å². The summed E-state index contributed by atoms with van der Waals surface area (Å²) in [5, 5.41) is 13.3. The van der Waals surface area contributed by atoms with E-state index in [9.17, 15) is 5.11 Å². The zero-order valence-corrected chi connectivity index (χ0v) is 8.32. The van der Waals surface area contributed by atoms with Gasteiger partial charge in [0.1, 0.15) is 0 Å². The molecule has 13 heavy (non-hydrogen) atoms. The maximum atomic E-state index is 9.53. The second kappa shape index (κ2) is 4.37. The Morgan fingerprint density at radius 3 is 2.62 bits per heavy atom. The van der Waals surface area contributed by atoms with Crippen LogP contribution in [0.25, 0.3) is 0 Å². The fourth-order valence-electron chi connectivity index (χ4n) is 1.11. The zero-order chi connectivity index (χ0) is 9.84. The Morgan fingerprint density at radius 2 is 2.15 bits per heavy atom. The van der Waals surface area contributed by atoms with Gasteiger partial charge in [0.05, 0.1) is 12.0 Å². The highest BCUT2D eigenvalue weighted by atomic mass is 16.5. The molecular weight excluding hydrogens is 168 g/mol. The molecule has 4 heteroatoms. The molecule has 1 heterocycles. The van der Waals surface area contributed by atoms with E-state index < -0.39 is 6.10 Å². The van der Waals surface area contributed by atoms with Crippen LogP contribution >= 0.6 is 0 Å². The summed E-state index contributed by atoms with van der Waals surface area (Å²) in [5.74, 6) is 1.16. The monoisotopic (exact) mass is 184 g/mol. The van der Waals surface area contributed by atoms with Crippen LogP contribution in [0.5, 0.6) is 0 Å². The highest BCUT2D eigenvalue weighted by Gasteiger charge is 2.20. The lowest BCUT2D eigenvalue weighted by molar-refractivity contribution is 0.129. The van der Waals surface area contributed by atoms with Gasteiger partial charge < -0.3 is 9.63 Å². The van der Waals surface area contributed by atoms with Crippen LogP contribution in [0.1, 0.15) is 44.8 Å². The minimum Gasteiger partial charge on any atom is -0.392 e. The van der Waals surface area contributed by atoms with E-state index in [1.807, 2.05) is 20.8 Å². The van der Waals surface area contributed by atoms with Gasteiger partial charge in [-0.05, 0) is 6.42 Å². The standard InChI is InChI=1S/C9H16N2O2/c1-4-7(12)6(3)9-10-8(5-2)11-13-9/h6-7,12H,4-5H2,1-3H3. The van der Waals surface area contributed by atoms with Crippen LogP contribution in [-0.4, -0.2) is 21.4 Å². The summed E-state index contributed by atoms with van der Waals surface area (Å²) in [6.45, 7) is 5.79. The Morgan fingerprint density at radius 1 is 1.46 bits per heavy atom. The Bertz CT molecular complexity index is 260. The molecule has 4 nitrogen and oxygen atoms in total. The smallest absolute Gasteiger partial charge is 0.232 e. The number of aliphatic hydroxyl groups is 1. The number of aryl methyl sites for hydroxylation is 1. The SMILES string of the molecule is CCc1noc(C(C)C(O)CC)n1. The molecule has 1 N–H and O–H groups in total. The largest absolute Gasteiger partial charge is 0.392 e. The molecule has 1 aromatic heterocycles. The Labute approximate surface area is 78.0 Å². The molecule has 0 amide bonds. The van der Waals surface area contributed by atoms with Crippen LogP contribution in [0, 0.1) is 0 Å². The summed E-state index contributed by atoms with van der Waals surface area (Å²) in [4.78, 5) is 4.16. The summed E-state index contributed by atoms with van der Waals surface area (Å²) in [6.07, 6.45) is 1.06. The van der Waals surface area contributed by atoms with E-state index in [-0.39, 0.29) is 5.92 Å². The van der Waals surface area contributed by atoms with Crippen molar-refractivity contribution in [1.29, 1.82) is 0 Å². The van der Waals surface area contributed by atoms with E-state index >= 15 is 0 Å². The van der Waals surface area contributed by atoms with Crippen LogP contribution < -0.4 is 0 Å². The minimum atomic E-state index is -0.398. The Kier molecular flexibility index (Phi) is 3.42. The third kappa shape index (κ3) is 2.28. The fourth-order valence-corrected chi connectivity index (χ4v) is 1.11. The summed E-state index contributed by atoms with van der Waals surface area (Å²) in [6, 6.07) is 0. The van der Waals surface area contributed by atoms with Gasteiger partial charge in [-0.25, -0.2) is 0 Å². The van der Waals surface area contributed by atoms with E-state index in [0.29, 0.717) is 18.1 Å². The molecular formula is C9H16N2O2. The van der Waals surface area contributed by atoms with Crippen molar-refractivity contribution in [3.63, 3.8) is 0 Å². The molecule has 0 fully saturated rings. The van der Waals surface area contributed by atoms with Crippen LogP contribution in [0.15, 0.2) is 4.52 Å². The number of hydrogen-bond acceptors (Lipinski definition) is 4. The lowest BCUT2D eigenvalue weighted by Gasteiger charge is -2.11. The molecule has 0 aliphatic rings. The number of aromatic nitrogens is 2. The van der Waals surface area contributed by atoms with Gasteiger partial charge in [0.25, 0.3) is 0 Å². The summed E-state index contributed by atoms with van der Waals surface area (Å²) >= 11 is 0. The first-order chi connectivity index (χ1) is 6.19. The third-order valence-corrected chi connectivity index (χ3v) is 2.18. The Balaban J connectivity index is 2.70. The van der Waals surface area contributed by atoms with Gasteiger partial charge in [-0.3, -0.25) is 0 Å². The second-order valence-corrected chi connectivity index (χ2v) is 3.17. The Hall–Kier alpha value is -0.900. The lowest BCUT2D eigenvalue weighted by atomic mass is 10.0. The molecule has 0 aliphatic carbocycles. The highest BCUT2D eigenvalue weighted by Crippen LogP contribution is 2.19. The molecule has 1 aromatic rings. The fraction of sp³-hybridized carbons (Fsp3) is 0.778. The molecule has 0 aromatic carbocycles. The topological polar surface area (TPSA) is 59.2 Å². The van der Waals surface area contributed by atoms with E-state index in [1.165, 1.54) is 0 Å². The number of aliphatic hydroxyl groups excluding tert-OH is 1. The van der Waals surface area contributed by atoms with E-state index in [0.717, 1.165) is 6.42 Å². The first-order valence-corrected chi connectivity index (χ1v) is 4.69. The van der Waals surface area contributed by atoms with Crippen LogP contribution in [-0.2, 0) is 6.42 Å². The predicted molar refractivity (Wildman–Crippen MR) is 48.4 cm³/mol. The van der Waals surface area contributed by atoms with Gasteiger partial charge in [-0.15, -0.1) is 0 Å². The number of hydrogen-bond donors (Lipinski definition) is 1. The van der Waals surface area contributed by atoms with Gasteiger partial charge in [-0.1, -0.05) is 25.9 Å². The molecule has 2 atom stereocenters.